The smallest absolute Gasteiger partial charge is 0.227 e. The van der Waals surface area contributed by atoms with Crippen LogP contribution in [0.5, 0.6) is 0 Å². The van der Waals surface area contributed by atoms with Crippen molar-refractivity contribution in [2.75, 3.05) is 32.6 Å². The zero-order valence-corrected chi connectivity index (χ0v) is 13.6. The molecule has 120 valence electrons. The van der Waals surface area contributed by atoms with E-state index >= 15 is 0 Å². The topological polar surface area (TPSA) is 50.3 Å². The Bertz CT molecular complexity index is 739. The Morgan fingerprint density at radius 2 is 2.17 bits per heavy atom. The molecule has 5 nitrogen and oxygen atoms in total. The van der Waals surface area contributed by atoms with Gasteiger partial charge in [0, 0.05) is 38.0 Å². The van der Waals surface area contributed by atoms with Crippen molar-refractivity contribution in [3.05, 3.63) is 54.0 Å². The molecule has 0 saturated carbocycles. The van der Waals surface area contributed by atoms with Gasteiger partial charge in [0.05, 0.1) is 17.8 Å². The summed E-state index contributed by atoms with van der Waals surface area (Å²) in [7, 11) is 3.82. The molecule has 0 atom stereocenters. The summed E-state index contributed by atoms with van der Waals surface area (Å²) in [6.07, 6.45) is 8.20. The van der Waals surface area contributed by atoms with E-state index in [1.54, 1.807) is 7.11 Å². The van der Waals surface area contributed by atoms with Gasteiger partial charge in [0.15, 0.2) is 0 Å². The van der Waals surface area contributed by atoms with Crippen LogP contribution >= 0.6 is 0 Å². The molecule has 1 aromatic carbocycles. The molecule has 3 rings (SSSR count). The van der Waals surface area contributed by atoms with Gasteiger partial charge < -0.3 is 15.0 Å². The third-order valence-electron chi connectivity index (χ3n) is 3.97. The number of nitrogens with zero attached hydrogens (tertiary/aromatic N) is 3. The van der Waals surface area contributed by atoms with E-state index in [0.29, 0.717) is 12.6 Å². The zero-order chi connectivity index (χ0) is 16.1. The molecule has 0 unspecified atom stereocenters. The molecule has 1 N–H and O–H groups in total. The van der Waals surface area contributed by atoms with Gasteiger partial charge in [0.1, 0.15) is 0 Å². The minimum absolute atomic E-state index is 0.628. The van der Waals surface area contributed by atoms with Crippen LogP contribution in [0.25, 0.3) is 10.9 Å². The Balaban J connectivity index is 1.84. The first-order valence-electron chi connectivity index (χ1n) is 7.86. The third kappa shape index (κ3) is 3.68. The van der Waals surface area contributed by atoms with Crippen molar-refractivity contribution in [1.29, 1.82) is 0 Å². The largest absolute Gasteiger partial charge is 0.383 e. The number of fused-ring (bicyclic) bond motifs is 1. The Labute approximate surface area is 136 Å². The first-order valence-corrected chi connectivity index (χ1v) is 7.86. The molecule has 1 heterocycles. The standard InChI is InChI=1S/C18H22N4O/c1-22(11-12-23-2)17-10-6-5-9-16(17)21-18-19-13-14-7-3-4-8-15(14)20-18/h3-5,7-9,13H,6,10-12H2,1-2H3,(H,19,20,21). The molecule has 0 amide bonds. The van der Waals surface area contributed by atoms with Crippen LogP contribution in [0.2, 0.25) is 0 Å². The Morgan fingerprint density at radius 3 is 3.04 bits per heavy atom. The van der Waals surface area contributed by atoms with Crippen molar-refractivity contribution in [3.8, 4) is 0 Å². The molecular weight excluding hydrogens is 288 g/mol. The van der Waals surface area contributed by atoms with Crippen LogP contribution in [0.1, 0.15) is 12.8 Å². The molecule has 0 bridgehead atoms. The van der Waals surface area contributed by atoms with Crippen molar-refractivity contribution in [2.24, 2.45) is 0 Å². The van der Waals surface area contributed by atoms with E-state index in [2.05, 4.69) is 39.4 Å². The summed E-state index contributed by atoms with van der Waals surface area (Å²) in [6.45, 7) is 1.58. The fourth-order valence-corrected chi connectivity index (χ4v) is 2.68. The summed E-state index contributed by atoms with van der Waals surface area (Å²) < 4.78 is 5.18. The molecule has 0 fully saturated rings. The molecule has 1 aliphatic carbocycles. The first-order chi connectivity index (χ1) is 11.3. The van der Waals surface area contributed by atoms with E-state index in [1.165, 1.54) is 5.70 Å². The molecule has 23 heavy (non-hydrogen) atoms. The lowest BCUT2D eigenvalue weighted by Crippen LogP contribution is -2.26. The number of nitrogens with one attached hydrogen (secondary N) is 1. The van der Waals surface area contributed by atoms with Gasteiger partial charge >= 0.3 is 0 Å². The SMILES string of the molecule is COCCN(C)C1=C(Nc2ncc3ccccc3n2)C=CCC1. The molecule has 1 aliphatic rings. The van der Waals surface area contributed by atoms with Crippen LogP contribution in [0.15, 0.2) is 54.0 Å². The van der Waals surface area contributed by atoms with Gasteiger partial charge in [-0.25, -0.2) is 9.97 Å². The molecule has 0 saturated heterocycles. The Kier molecular flexibility index (Phi) is 4.88. The number of allylic oxidation sites excluding steroid dienone is 3. The Hall–Kier alpha value is -2.40. The van der Waals surface area contributed by atoms with Crippen molar-refractivity contribution >= 4 is 16.9 Å². The second-order valence-corrected chi connectivity index (χ2v) is 5.59. The van der Waals surface area contributed by atoms with Crippen LogP contribution < -0.4 is 5.32 Å². The number of benzene rings is 1. The number of hydrogen-bond acceptors (Lipinski definition) is 5. The highest BCUT2D eigenvalue weighted by atomic mass is 16.5. The van der Waals surface area contributed by atoms with Crippen LogP contribution in [0.3, 0.4) is 0 Å². The molecule has 2 aromatic rings. The lowest BCUT2D eigenvalue weighted by atomic mass is 10.1. The maximum Gasteiger partial charge on any atom is 0.227 e. The summed E-state index contributed by atoms with van der Waals surface area (Å²) in [5.74, 6) is 0.628. The number of anilines is 1. The van der Waals surface area contributed by atoms with Gasteiger partial charge in [-0.05, 0) is 25.0 Å². The van der Waals surface area contributed by atoms with Crippen LogP contribution in [-0.4, -0.2) is 42.2 Å². The van der Waals surface area contributed by atoms with Crippen LogP contribution in [0.4, 0.5) is 5.95 Å². The number of aromatic nitrogens is 2. The van der Waals surface area contributed by atoms with E-state index in [4.69, 9.17) is 4.74 Å². The van der Waals surface area contributed by atoms with E-state index in [1.807, 2.05) is 30.5 Å². The number of hydrogen-bond donors (Lipinski definition) is 1. The molecular formula is C18H22N4O. The third-order valence-corrected chi connectivity index (χ3v) is 3.97. The molecule has 5 heteroatoms. The lowest BCUT2D eigenvalue weighted by molar-refractivity contribution is 0.172. The average Bonchev–Trinajstić information content (AvgIpc) is 2.60. The zero-order valence-electron chi connectivity index (χ0n) is 13.6. The first kappa shape index (κ1) is 15.5. The predicted octanol–water partition coefficient (Wildman–Crippen LogP) is 3.18. The fourth-order valence-electron chi connectivity index (χ4n) is 2.68. The molecule has 0 radical (unpaired) electrons. The van der Waals surface area contributed by atoms with Crippen molar-refractivity contribution in [1.82, 2.24) is 14.9 Å². The minimum Gasteiger partial charge on any atom is -0.383 e. The summed E-state index contributed by atoms with van der Waals surface area (Å²) in [6, 6.07) is 8.00. The summed E-state index contributed by atoms with van der Waals surface area (Å²) in [4.78, 5) is 11.2. The summed E-state index contributed by atoms with van der Waals surface area (Å²) in [5.41, 5.74) is 3.27. The van der Waals surface area contributed by atoms with Gasteiger partial charge in [-0.2, -0.15) is 0 Å². The summed E-state index contributed by atoms with van der Waals surface area (Å²) >= 11 is 0. The number of para-hydroxylation sites is 1. The van der Waals surface area contributed by atoms with Crippen molar-refractivity contribution in [2.45, 2.75) is 12.8 Å². The second kappa shape index (κ2) is 7.24. The highest BCUT2D eigenvalue weighted by Crippen LogP contribution is 2.22. The van der Waals surface area contributed by atoms with E-state index < -0.39 is 0 Å². The maximum absolute atomic E-state index is 5.18. The van der Waals surface area contributed by atoms with Crippen molar-refractivity contribution in [3.63, 3.8) is 0 Å². The minimum atomic E-state index is 0.628. The van der Waals surface area contributed by atoms with Crippen LogP contribution in [0, 0.1) is 0 Å². The van der Waals surface area contributed by atoms with E-state index in [-0.39, 0.29) is 0 Å². The van der Waals surface area contributed by atoms with E-state index in [9.17, 15) is 0 Å². The fraction of sp³-hybridized carbons (Fsp3) is 0.333. The van der Waals surface area contributed by atoms with Gasteiger partial charge in [-0.1, -0.05) is 24.3 Å². The highest BCUT2D eigenvalue weighted by molar-refractivity contribution is 5.78. The number of ether oxygens (including phenoxy) is 1. The van der Waals surface area contributed by atoms with Gasteiger partial charge in [0.25, 0.3) is 0 Å². The summed E-state index contributed by atoms with van der Waals surface area (Å²) in [5, 5.41) is 4.41. The van der Waals surface area contributed by atoms with Crippen molar-refractivity contribution < 1.29 is 4.74 Å². The van der Waals surface area contributed by atoms with E-state index in [0.717, 1.165) is 36.0 Å². The molecule has 0 aliphatic heterocycles. The molecule has 0 spiro atoms. The monoisotopic (exact) mass is 310 g/mol. The van der Waals surface area contributed by atoms with Gasteiger partial charge in [-0.3, -0.25) is 0 Å². The normalized spacial score (nSPS) is 14.3. The maximum atomic E-state index is 5.18. The van der Waals surface area contributed by atoms with Crippen LogP contribution in [-0.2, 0) is 4.74 Å². The quantitative estimate of drug-likeness (QED) is 0.888. The number of rotatable bonds is 6. The van der Waals surface area contributed by atoms with Gasteiger partial charge in [-0.15, -0.1) is 0 Å². The second-order valence-electron chi connectivity index (χ2n) is 5.59. The molecule has 1 aromatic heterocycles. The highest BCUT2D eigenvalue weighted by Gasteiger charge is 2.14. The lowest BCUT2D eigenvalue weighted by Gasteiger charge is -2.27. The number of methoxy groups -OCH3 is 1. The number of likely N-dealkylation sites (N-methyl/N-ethyl adjacent to an activating group) is 1. The van der Waals surface area contributed by atoms with Gasteiger partial charge in [0.2, 0.25) is 5.95 Å². The Morgan fingerprint density at radius 1 is 1.30 bits per heavy atom. The predicted molar refractivity (Wildman–Crippen MR) is 93.1 cm³/mol. The average molecular weight is 310 g/mol.